The van der Waals surface area contributed by atoms with Crippen molar-refractivity contribution in [3.63, 3.8) is 0 Å². The lowest BCUT2D eigenvalue weighted by Gasteiger charge is -2.37. The summed E-state index contributed by atoms with van der Waals surface area (Å²) in [6.07, 6.45) is 7.36. The van der Waals surface area contributed by atoms with Crippen LogP contribution in [0.3, 0.4) is 0 Å². The van der Waals surface area contributed by atoms with Crippen LogP contribution in [0.15, 0.2) is 18.3 Å². The van der Waals surface area contributed by atoms with Gasteiger partial charge in [0.2, 0.25) is 0 Å². The highest BCUT2D eigenvalue weighted by molar-refractivity contribution is 5.45. The van der Waals surface area contributed by atoms with Gasteiger partial charge in [0.05, 0.1) is 0 Å². The number of pyridine rings is 1. The van der Waals surface area contributed by atoms with Crippen LogP contribution in [-0.2, 0) is 6.54 Å². The van der Waals surface area contributed by atoms with Crippen molar-refractivity contribution in [3.05, 3.63) is 23.9 Å². The molecule has 0 N–H and O–H groups in total. The van der Waals surface area contributed by atoms with E-state index >= 15 is 0 Å². The Balaban J connectivity index is 1.55. The first-order chi connectivity index (χ1) is 10.2. The summed E-state index contributed by atoms with van der Waals surface area (Å²) in [6, 6.07) is 5.11. The Morgan fingerprint density at radius 2 is 1.86 bits per heavy atom. The average Bonchev–Trinajstić information content (AvgIpc) is 3.03. The largest absolute Gasteiger partial charge is 0.362 e. The lowest BCUT2D eigenvalue weighted by Crippen LogP contribution is -2.43. The van der Waals surface area contributed by atoms with E-state index in [9.17, 15) is 0 Å². The second-order valence-corrected chi connectivity index (χ2v) is 6.63. The number of aromatic nitrogens is 1. The highest BCUT2D eigenvalue weighted by Crippen LogP contribution is 2.23. The molecule has 2 saturated heterocycles. The fourth-order valence-corrected chi connectivity index (χ4v) is 3.75. The van der Waals surface area contributed by atoms with Crippen molar-refractivity contribution in [1.82, 2.24) is 14.8 Å². The molecule has 3 heterocycles. The van der Waals surface area contributed by atoms with Crippen molar-refractivity contribution >= 4 is 5.82 Å². The third kappa shape index (κ3) is 3.55. The zero-order valence-electron chi connectivity index (χ0n) is 13.5. The number of likely N-dealkylation sites (tertiary alicyclic amines) is 2. The van der Waals surface area contributed by atoms with Gasteiger partial charge in [-0.25, -0.2) is 4.98 Å². The summed E-state index contributed by atoms with van der Waals surface area (Å²) in [6.45, 7) is 6.15. The van der Waals surface area contributed by atoms with Gasteiger partial charge in [0.1, 0.15) is 5.82 Å². The molecule has 4 heteroatoms. The molecular formula is C17H28N4. The average molecular weight is 288 g/mol. The summed E-state index contributed by atoms with van der Waals surface area (Å²) in [5, 5.41) is 0. The third-order valence-corrected chi connectivity index (χ3v) is 4.90. The lowest BCUT2D eigenvalue weighted by atomic mass is 10.0. The maximum absolute atomic E-state index is 4.51. The molecule has 0 bridgehead atoms. The molecule has 2 fully saturated rings. The van der Waals surface area contributed by atoms with E-state index in [0.29, 0.717) is 0 Å². The maximum Gasteiger partial charge on any atom is 0.132 e. The molecule has 1 aromatic heterocycles. The smallest absolute Gasteiger partial charge is 0.132 e. The molecule has 116 valence electrons. The minimum Gasteiger partial charge on any atom is -0.362 e. The molecule has 3 rings (SSSR count). The van der Waals surface area contributed by atoms with Crippen LogP contribution in [0.1, 0.15) is 31.2 Å². The van der Waals surface area contributed by atoms with Crippen molar-refractivity contribution in [2.24, 2.45) is 0 Å². The van der Waals surface area contributed by atoms with Crippen molar-refractivity contribution < 1.29 is 0 Å². The van der Waals surface area contributed by atoms with Crippen LogP contribution in [0, 0.1) is 0 Å². The van der Waals surface area contributed by atoms with E-state index < -0.39 is 0 Å². The number of hydrogen-bond donors (Lipinski definition) is 0. The van der Waals surface area contributed by atoms with Crippen LogP contribution < -0.4 is 4.90 Å². The molecule has 21 heavy (non-hydrogen) atoms. The fourth-order valence-electron chi connectivity index (χ4n) is 3.75. The topological polar surface area (TPSA) is 22.6 Å². The Labute approximate surface area is 128 Å². The van der Waals surface area contributed by atoms with Crippen molar-refractivity contribution in [1.29, 1.82) is 0 Å². The summed E-state index contributed by atoms with van der Waals surface area (Å²) in [5.74, 6) is 1.11. The van der Waals surface area contributed by atoms with Gasteiger partial charge < -0.3 is 9.80 Å². The standard InChI is InChI=1S/C17H28N4/c1-19(2)17-15(6-5-9-18-17)14-20-12-7-16(8-13-20)21-10-3-4-11-21/h5-6,9,16H,3-4,7-8,10-14H2,1-2H3. The van der Waals surface area contributed by atoms with E-state index in [-0.39, 0.29) is 0 Å². The quantitative estimate of drug-likeness (QED) is 0.847. The van der Waals surface area contributed by atoms with E-state index in [0.717, 1.165) is 18.4 Å². The zero-order chi connectivity index (χ0) is 14.7. The van der Waals surface area contributed by atoms with E-state index in [1.807, 2.05) is 6.20 Å². The van der Waals surface area contributed by atoms with Crippen molar-refractivity contribution in [2.45, 2.75) is 38.3 Å². The molecule has 0 saturated carbocycles. The number of anilines is 1. The van der Waals surface area contributed by atoms with Gasteiger partial charge in [-0.15, -0.1) is 0 Å². The van der Waals surface area contributed by atoms with Gasteiger partial charge in [-0.05, 0) is 57.9 Å². The Kier molecular flexibility index (Phi) is 4.76. The highest BCUT2D eigenvalue weighted by Gasteiger charge is 2.26. The van der Waals surface area contributed by atoms with E-state index in [1.165, 1.54) is 57.4 Å². The molecule has 2 aliphatic rings. The molecular weight excluding hydrogens is 260 g/mol. The van der Waals surface area contributed by atoms with E-state index in [1.54, 1.807) is 0 Å². The number of nitrogens with zero attached hydrogens (tertiary/aromatic N) is 4. The molecule has 0 aliphatic carbocycles. The van der Waals surface area contributed by atoms with Gasteiger partial charge in [0.15, 0.2) is 0 Å². The Bertz CT molecular complexity index is 446. The summed E-state index contributed by atoms with van der Waals surface area (Å²) < 4.78 is 0. The van der Waals surface area contributed by atoms with Gasteiger partial charge in [-0.3, -0.25) is 4.90 Å². The first kappa shape index (κ1) is 14.8. The number of hydrogen-bond acceptors (Lipinski definition) is 4. The van der Waals surface area contributed by atoms with Gasteiger partial charge in [-0.1, -0.05) is 6.07 Å². The number of piperidine rings is 1. The monoisotopic (exact) mass is 288 g/mol. The van der Waals surface area contributed by atoms with Gasteiger partial charge >= 0.3 is 0 Å². The summed E-state index contributed by atoms with van der Waals surface area (Å²) in [4.78, 5) is 11.9. The second kappa shape index (κ2) is 6.75. The molecule has 0 aromatic carbocycles. The zero-order valence-corrected chi connectivity index (χ0v) is 13.5. The minimum absolute atomic E-state index is 0.839. The summed E-state index contributed by atoms with van der Waals surface area (Å²) >= 11 is 0. The molecule has 0 spiro atoms. The van der Waals surface area contributed by atoms with Crippen LogP contribution in [0.25, 0.3) is 0 Å². The molecule has 0 unspecified atom stereocenters. The van der Waals surface area contributed by atoms with Crippen LogP contribution in [-0.4, -0.2) is 61.1 Å². The van der Waals surface area contributed by atoms with E-state index in [4.69, 9.17) is 0 Å². The predicted molar refractivity (Wildman–Crippen MR) is 87.7 cm³/mol. The van der Waals surface area contributed by atoms with Crippen LogP contribution in [0.4, 0.5) is 5.82 Å². The van der Waals surface area contributed by atoms with Crippen LogP contribution in [0.5, 0.6) is 0 Å². The predicted octanol–water partition coefficient (Wildman–Crippen LogP) is 2.21. The highest BCUT2D eigenvalue weighted by atomic mass is 15.2. The first-order valence-electron chi connectivity index (χ1n) is 8.31. The lowest BCUT2D eigenvalue weighted by molar-refractivity contribution is 0.122. The molecule has 0 amide bonds. The van der Waals surface area contributed by atoms with Gasteiger partial charge in [-0.2, -0.15) is 0 Å². The fraction of sp³-hybridized carbons (Fsp3) is 0.706. The first-order valence-corrected chi connectivity index (χ1v) is 8.31. The Morgan fingerprint density at radius 1 is 1.14 bits per heavy atom. The summed E-state index contributed by atoms with van der Waals surface area (Å²) in [7, 11) is 4.15. The van der Waals surface area contributed by atoms with E-state index in [2.05, 4.69) is 45.9 Å². The van der Waals surface area contributed by atoms with Crippen molar-refractivity contribution in [2.75, 3.05) is 45.2 Å². The molecule has 1 aromatic rings. The summed E-state index contributed by atoms with van der Waals surface area (Å²) in [5.41, 5.74) is 1.35. The minimum atomic E-state index is 0.839. The second-order valence-electron chi connectivity index (χ2n) is 6.63. The normalized spacial score (nSPS) is 21.8. The Morgan fingerprint density at radius 3 is 2.52 bits per heavy atom. The molecule has 0 atom stereocenters. The Hall–Kier alpha value is -1.13. The molecule has 4 nitrogen and oxygen atoms in total. The van der Waals surface area contributed by atoms with Crippen molar-refractivity contribution in [3.8, 4) is 0 Å². The van der Waals surface area contributed by atoms with Gasteiger partial charge in [0, 0.05) is 38.4 Å². The molecule has 2 aliphatic heterocycles. The van der Waals surface area contributed by atoms with Crippen LogP contribution in [0.2, 0.25) is 0 Å². The third-order valence-electron chi connectivity index (χ3n) is 4.90. The maximum atomic E-state index is 4.51. The SMILES string of the molecule is CN(C)c1ncccc1CN1CCC(N2CCCC2)CC1. The van der Waals surface area contributed by atoms with Gasteiger partial charge in [0.25, 0.3) is 0 Å². The number of rotatable bonds is 4. The molecule has 0 radical (unpaired) electrons. The van der Waals surface area contributed by atoms with Crippen LogP contribution >= 0.6 is 0 Å².